The van der Waals surface area contributed by atoms with Gasteiger partial charge in [-0.05, 0) is 30.0 Å². The summed E-state index contributed by atoms with van der Waals surface area (Å²) in [6.07, 6.45) is -0.644. The van der Waals surface area contributed by atoms with Crippen LogP contribution in [-0.2, 0) is 9.16 Å². The lowest BCUT2D eigenvalue weighted by Gasteiger charge is -2.43. The maximum absolute atomic E-state index is 9.96. The van der Waals surface area contributed by atoms with E-state index in [0.717, 1.165) is 0 Å². The predicted octanol–water partition coefficient (Wildman–Crippen LogP) is 3.63. The predicted molar refractivity (Wildman–Crippen MR) is 81.5 cm³/mol. The highest BCUT2D eigenvalue weighted by atomic mass is 28.4. The first-order valence-corrected chi connectivity index (χ1v) is 10.4. The second-order valence-corrected chi connectivity index (χ2v) is 12.5. The van der Waals surface area contributed by atoms with Gasteiger partial charge in [0, 0.05) is 5.92 Å². The quantitative estimate of drug-likeness (QED) is 0.806. The normalized spacial score (nSPS) is 37.4. The molecule has 0 bridgehead atoms. The molecular formula is C15H32O3Si. The molecule has 1 N–H and O–H groups in total. The summed E-state index contributed by atoms with van der Waals surface area (Å²) >= 11 is 0. The van der Waals surface area contributed by atoms with Crippen LogP contribution in [0.25, 0.3) is 0 Å². The molecule has 0 aliphatic carbocycles. The minimum atomic E-state index is -1.74. The van der Waals surface area contributed by atoms with Crippen molar-refractivity contribution in [3.8, 4) is 0 Å². The van der Waals surface area contributed by atoms with Crippen LogP contribution in [0.5, 0.6) is 0 Å². The van der Waals surface area contributed by atoms with Gasteiger partial charge in [-0.15, -0.1) is 0 Å². The van der Waals surface area contributed by atoms with E-state index in [0.29, 0.717) is 18.4 Å². The molecule has 1 heterocycles. The Balaban J connectivity index is 2.63. The van der Waals surface area contributed by atoms with E-state index in [-0.39, 0.29) is 17.1 Å². The van der Waals surface area contributed by atoms with Crippen LogP contribution in [0.3, 0.4) is 0 Å². The number of hydrogen-bond acceptors (Lipinski definition) is 3. The molecule has 0 spiro atoms. The summed E-state index contributed by atoms with van der Waals surface area (Å²) in [5, 5.41) is 10.2. The van der Waals surface area contributed by atoms with Gasteiger partial charge in [-0.25, -0.2) is 0 Å². The fourth-order valence-electron chi connectivity index (χ4n) is 2.20. The fraction of sp³-hybridized carbons (Fsp3) is 1.00. The Morgan fingerprint density at radius 2 is 1.58 bits per heavy atom. The van der Waals surface area contributed by atoms with Crippen molar-refractivity contribution in [2.75, 3.05) is 6.61 Å². The second-order valence-electron chi connectivity index (χ2n) is 7.71. The molecule has 0 aromatic carbocycles. The molecule has 19 heavy (non-hydrogen) atoms. The number of aliphatic hydroxyl groups is 1. The Kier molecular flexibility index (Phi) is 5.27. The minimum Gasteiger partial charge on any atom is -0.414 e. The van der Waals surface area contributed by atoms with Crippen molar-refractivity contribution in [1.82, 2.24) is 0 Å². The van der Waals surface area contributed by atoms with Crippen molar-refractivity contribution in [3.05, 3.63) is 0 Å². The molecule has 1 rings (SSSR count). The van der Waals surface area contributed by atoms with Gasteiger partial charge in [0.25, 0.3) is 0 Å². The summed E-state index contributed by atoms with van der Waals surface area (Å²) in [6, 6.07) is 0. The standard InChI is InChI=1S/C15H32O3Si/c1-10-11(2)13(18-14(16)12(10)3)9-17-19(7,8)15(4,5)6/h10-14,16H,9H2,1-8H3/t10-,11+,12?,13?,14+/m0/s1. The maximum Gasteiger partial charge on any atom is 0.192 e. The molecule has 1 saturated heterocycles. The van der Waals surface area contributed by atoms with Crippen LogP contribution in [-0.4, -0.2) is 32.4 Å². The van der Waals surface area contributed by atoms with E-state index in [9.17, 15) is 5.11 Å². The van der Waals surface area contributed by atoms with Crippen LogP contribution in [0.4, 0.5) is 0 Å². The van der Waals surface area contributed by atoms with Crippen molar-refractivity contribution in [2.45, 2.75) is 72.1 Å². The lowest BCUT2D eigenvalue weighted by Crippen LogP contribution is -2.49. The molecule has 4 heteroatoms. The van der Waals surface area contributed by atoms with Gasteiger partial charge in [0.15, 0.2) is 14.6 Å². The Labute approximate surface area is 119 Å². The van der Waals surface area contributed by atoms with Gasteiger partial charge in [-0.1, -0.05) is 41.5 Å². The maximum atomic E-state index is 9.96. The Morgan fingerprint density at radius 1 is 1.05 bits per heavy atom. The Bertz CT molecular complexity index is 298. The lowest BCUT2D eigenvalue weighted by molar-refractivity contribution is -0.230. The SMILES string of the molecule is CC1[C@H](O)OC(CO[Si](C)(C)C(C)(C)C)[C@H](C)[C@@H]1C. The van der Waals surface area contributed by atoms with E-state index >= 15 is 0 Å². The summed E-state index contributed by atoms with van der Waals surface area (Å²) in [4.78, 5) is 0. The molecule has 2 unspecified atom stereocenters. The van der Waals surface area contributed by atoms with Crippen molar-refractivity contribution < 1.29 is 14.3 Å². The first kappa shape index (κ1) is 17.1. The highest BCUT2D eigenvalue weighted by molar-refractivity contribution is 6.74. The van der Waals surface area contributed by atoms with Gasteiger partial charge in [-0.2, -0.15) is 0 Å². The van der Waals surface area contributed by atoms with E-state index in [1.165, 1.54) is 0 Å². The van der Waals surface area contributed by atoms with Crippen LogP contribution >= 0.6 is 0 Å². The zero-order valence-electron chi connectivity index (χ0n) is 13.9. The third kappa shape index (κ3) is 3.81. The van der Waals surface area contributed by atoms with E-state index < -0.39 is 14.6 Å². The molecule has 1 fully saturated rings. The zero-order valence-corrected chi connectivity index (χ0v) is 14.9. The lowest BCUT2D eigenvalue weighted by atomic mass is 9.79. The first-order chi connectivity index (χ1) is 8.47. The average Bonchev–Trinajstić information content (AvgIpc) is 2.28. The molecule has 0 radical (unpaired) electrons. The summed E-state index contributed by atoms with van der Waals surface area (Å²) in [7, 11) is -1.74. The number of hydrogen-bond donors (Lipinski definition) is 1. The third-order valence-corrected chi connectivity index (χ3v) is 9.92. The Morgan fingerprint density at radius 3 is 2.05 bits per heavy atom. The first-order valence-electron chi connectivity index (χ1n) is 7.45. The number of aliphatic hydroxyl groups excluding tert-OH is 1. The molecule has 0 aromatic heterocycles. The molecule has 0 saturated carbocycles. The van der Waals surface area contributed by atoms with E-state index in [1.54, 1.807) is 0 Å². The second kappa shape index (κ2) is 5.84. The summed E-state index contributed by atoms with van der Waals surface area (Å²) in [6.45, 7) is 18.3. The molecule has 114 valence electrons. The van der Waals surface area contributed by atoms with Crippen LogP contribution < -0.4 is 0 Å². The molecule has 0 aromatic rings. The molecule has 3 nitrogen and oxygen atoms in total. The highest BCUT2D eigenvalue weighted by Crippen LogP contribution is 2.38. The van der Waals surface area contributed by atoms with Gasteiger partial charge < -0.3 is 14.3 Å². The van der Waals surface area contributed by atoms with Crippen LogP contribution in [0, 0.1) is 17.8 Å². The van der Waals surface area contributed by atoms with Crippen LogP contribution in [0.1, 0.15) is 41.5 Å². The van der Waals surface area contributed by atoms with Gasteiger partial charge in [0.1, 0.15) is 0 Å². The molecular weight excluding hydrogens is 256 g/mol. The van der Waals surface area contributed by atoms with Gasteiger partial charge in [-0.3, -0.25) is 0 Å². The third-order valence-electron chi connectivity index (χ3n) is 5.42. The smallest absolute Gasteiger partial charge is 0.192 e. The van der Waals surface area contributed by atoms with Gasteiger partial charge in [0.05, 0.1) is 12.7 Å². The monoisotopic (exact) mass is 288 g/mol. The summed E-state index contributed by atoms with van der Waals surface area (Å²) < 4.78 is 12.0. The fourth-order valence-corrected chi connectivity index (χ4v) is 3.22. The van der Waals surface area contributed by atoms with Crippen LogP contribution in [0.15, 0.2) is 0 Å². The molecule has 0 amide bonds. The topological polar surface area (TPSA) is 38.7 Å². The number of ether oxygens (including phenoxy) is 1. The van der Waals surface area contributed by atoms with Gasteiger partial charge >= 0.3 is 0 Å². The highest BCUT2D eigenvalue weighted by Gasteiger charge is 2.41. The van der Waals surface area contributed by atoms with Crippen molar-refractivity contribution in [2.24, 2.45) is 17.8 Å². The van der Waals surface area contributed by atoms with Gasteiger partial charge in [0.2, 0.25) is 0 Å². The van der Waals surface area contributed by atoms with E-state index in [2.05, 4.69) is 54.6 Å². The summed E-state index contributed by atoms with van der Waals surface area (Å²) in [5.74, 6) is 1.07. The van der Waals surface area contributed by atoms with Crippen molar-refractivity contribution in [3.63, 3.8) is 0 Å². The largest absolute Gasteiger partial charge is 0.414 e. The van der Waals surface area contributed by atoms with E-state index in [1.807, 2.05) is 0 Å². The molecule has 1 aliphatic heterocycles. The minimum absolute atomic E-state index is 0.00956. The molecule has 5 atom stereocenters. The number of rotatable bonds is 3. The van der Waals surface area contributed by atoms with E-state index in [4.69, 9.17) is 9.16 Å². The van der Waals surface area contributed by atoms with Crippen molar-refractivity contribution >= 4 is 8.32 Å². The van der Waals surface area contributed by atoms with Crippen LogP contribution in [0.2, 0.25) is 18.1 Å². The van der Waals surface area contributed by atoms with Crippen molar-refractivity contribution in [1.29, 1.82) is 0 Å². The Hall–Kier alpha value is 0.0969. The molecule has 1 aliphatic rings. The average molecular weight is 289 g/mol. The summed E-state index contributed by atoms with van der Waals surface area (Å²) in [5.41, 5.74) is 0. The zero-order chi connectivity index (χ0) is 15.0.